The Bertz CT molecular complexity index is 1340. The molecular formula is C25H28N8O2. The average Bonchev–Trinajstić information content (AvgIpc) is 3.27. The zero-order valence-corrected chi connectivity index (χ0v) is 19.7. The monoisotopic (exact) mass is 472 g/mol. The highest BCUT2D eigenvalue weighted by Gasteiger charge is 2.32. The summed E-state index contributed by atoms with van der Waals surface area (Å²) in [5, 5.41) is 13.9. The second-order valence-corrected chi connectivity index (χ2v) is 8.58. The van der Waals surface area contributed by atoms with Crippen molar-refractivity contribution in [2.45, 2.75) is 25.6 Å². The molecule has 1 amide bonds. The van der Waals surface area contributed by atoms with Crippen LogP contribution in [0.2, 0.25) is 0 Å². The Balaban J connectivity index is 1.38. The Hall–Kier alpha value is -4.18. The lowest BCUT2D eigenvalue weighted by Gasteiger charge is -2.38. The number of amides is 1. The third-order valence-electron chi connectivity index (χ3n) is 6.15. The van der Waals surface area contributed by atoms with Gasteiger partial charge in [-0.2, -0.15) is 10.1 Å². The van der Waals surface area contributed by atoms with Crippen LogP contribution in [0.1, 0.15) is 12.5 Å². The lowest BCUT2D eigenvalue weighted by molar-refractivity contribution is -0.134. The predicted octanol–water partition coefficient (Wildman–Crippen LogP) is 2.55. The zero-order valence-electron chi connectivity index (χ0n) is 19.7. The number of morpholine rings is 1. The molecule has 0 aliphatic carbocycles. The minimum Gasteiger partial charge on any atom is -0.382 e. The van der Waals surface area contributed by atoms with Gasteiger partial charge in [0.2, 0.25) is 5.95 Å². The van der Waals surface area contributed by atoms with Gasteiger partial charge in [0, 0.05) is 30.6 Å². The van der Waals surface area contributed by atoms with E-state index in [4.69, 9.17) is 10.5 Å². The number of fused-ring (bicyclic) bond motifs is 1. The first kappa shape index (κ1) is 22.6. The summed E-state index contributed by atoms with van der Waals surface area (Å²) in [5.74, 6) is 1.53. The molecule has 1 aliphatic rings. The van der Waals surface area contributed by atoms with Crippen molar-refractivity contribution < 1.29 is 9.53 Å². The van der Waals surface area contributed by atoms with Gasteiger partial charge < -0.3 is 26.0 Å². The maximum Gasteiger partial charge on any atom is 0.251 e. The highest BCUT2D eigenvalue weighted by atomic mass is 16.5. The summed E-state index contributed by atoms with van der Waals surface area (Å²) >= 11 is 0. The lowest BCUT2D eigenvalue weighted by atomic mass is 10.1. The molecule has 2 aromatic heterocycles. The second-order valence-electron chi connectivity index (χ2n) is 8.58. The summed E-state index contributed by atoms with van der Waals surface area (Å²) in [6.07, 6.45) is -0.601. The van der Waals surface area contributed by atoms with E-state index in [1.165, 1.54) is 0 Å². The molecule has 5 N–H and O–H groups in total. The van der Waals surface area contributed by atoms with E-state index in [9.17, 15) is 4.79 Å². The van der Waals surface area contributed by atoms with Gasteiger partial charge in [-0.1, -0.05) is 36.4 Å². The van der Waals surface area contributed by atoms with Crippen LogP contribution < -0.4 is 21.3 Å². The number of rotatable bonds is 6. The normalized spacial score (nSPS) is 17.9. The Morgan fingerprint density at radius 2 is 2.03 bits per heavy atom. The van der Waals surface area contributed by atoms with Gasteiger partial charge in [-0.3, -0.25) is 9.89 Å². The third-order valence-corrected chi connectivity index (χ3v) is 6.15. The van der Waals surface area contributed by atoms with Crippen molar-refractivity contribution in [2.24, 2.45) is 0 Å². The van der Waals surface area contributed by atoms with Crippen LogP contribution >= 0.6 is 0 Å². The summed E-state index contributed by atoms with van der Waals surface area (Å²) in [5.41, 5.74) is 9.43. The van der Waals surface area contributed by atoms with Crippen LogP contribution in [0.25, 0.3) is 22.2 Å². The fourth-order valence-corrected chi connectivity index (χ4v) is 4.17. The largest absolute Gasteiger partial charge is 0.382 e. The maximum atomic E-state index is 12.9. The number of carbonyl (C=O) groups is 1. The number of benzene rings is 2. The first-order valence-electron chi connectivity index (χ1n) is 11.5. The molecule has 0 radical (unpaired) electrons. The molecular weight excluding hydrogens is 444 g/mol. The van der Waals surface area contributed by atoms with E-state index < -0.39 is 6.10 Å². The topological polar surface area (TPSA) is 134 Å². The minimum atomic E-state index is -0.601. The minimum absolute atomic E-state index is 0.0375. The number of ether oxygens (including phenoxy) is 1. The standard InChI is InChI=1S/C25H28N8O2/c1-15-14-35-21(24(34)28-12-16-6-4-3-5-7-16)13-33(15)22-11-19(29-25(27-2)30-22)17-8-9-18-20(10-17)31-32-23(18)26/h3-11,15,21H,12-14H2,1-2H3,(H,28,34)(H3,26,31,32)(H,27,29,30)/t15?,21-/m0/s1. The number of nitrogens with one attached hydrogen (secondary N) is 3. The molecule has 4 aromatic rings. The molecule has 2 atom stereocenters. The molecule has 2 aromatic carbocycles. The molecule has 3 heterocycles. The van der Waals surface area contributed by atoms with Gasteiger partial charge in [-0.25, -0.2) is 4.98 Å². The van der Waals surface area contributed by atoms with Crippen LogP contribution in [0.5, 0.6) is 0 Å². The fraction of sp³-hybridized carbons (Fsp3) is 0.280. The van der Waals surface area contributed by atoms with Gasteiger partial charge in [-0.15, -0.1) is 0 Å². The van der Waals surface area contributed by atoms with E-state index in [2.05, 4.69) is 42.6 Å². The van der Waals surface area contributed by atoms with E-state index >= 15 is 0 Å². The number of hydrogen-bond acceptors (Lipinski definition) is 8. The number of aromatic nitrogens is 4. The van der Waals surface area contributed by atoms with Gasteiger partial charge in [0.15, 0.2) is 11.9 Å². The summed E-state index contributed by atoms with van der Waals surface area (Å²) in [6, 6.07) is 17.6. The molecule has 0 spiro atoms. The smallest absolute Gasteiger partial charge is 0.251 e. The molecule has 10 nitrogen and oxygen atoms in total. The lowest BCUT2D eigenvalue weighted by Crippen LogP contribution is -2.54. The Morgan fingerprint density at radius 1 is 1.20 bits per heavy atom. The number of nitrogen functional groups attached to an aromatic ring is 1. The SMILES string of the molecule is CNc1nc(-c2ccc3c(N)n[nH]c3c2)cc(N2C[C@@H](C(=O)NCc3ccccc3)OCC2C)n1. The van der Waals surface area contributed by atoms with Crippen molar-refractivity contribution in [2.75, 3.05) is 36.1 Å². The molecule has 1 fully saturated rings. The highest BCUT2D eigenvalue weighted by molar-refractivity contribution is 5.91. The Kier molecular flexibility index (Phi) is 6.19. The number of nitrogens with zero attached hydrogens (tertiary/aromatic N) is 4. The van der Waals surface area contributed by atoms with E-state index in [1.54, 1.807) is 7.05 Å². The quantitative estimate of drug-likeness (QED) is 0.336. The number of hydrogen-bond donors (Lipinski definition) is 4. The third kappa shape index (κ3) is 4.73. The van der Waals surface area contributed by atoms with Gasteiger partial charge >= 0.3 is 0 Å². The van der Waals surface area contributed by atoms with Crippen molar-refractivity contribution in [1.29, 1.82) is 0 Å². The Morgan fingerprint density at radius 3 is 2.83 bits per heavy atom. The summed E-state index contributed by atoms with van der Waals surface area (Å²) in [4.78, 5) is 24.3. The fourth-order valence-electron chi connectivity index (χ4n) is 4.17. The van der Waals surface area contributed by atoms with Crippen LogP contribution in [0.3, 0.4) is 0 Å². The molecule has 10 heteroatoms. The summed E-state index contributed by atoms with van der Waals surface area (Å²) < 4.78 is 5.88. The molecule has 1 aliphatic heterocycles. The van der Waals surface area contributed by atoms with Crippen molar-refractivity contribution in [3.63, 3.8) is 0 Å². The van der Waals surface area contributed by atoms with Gasteiger partial charge in [0.05, 0.1) is 30.4 Å². The van der Waals surface area contributed by atoms with Gasteiger partial charge in [0.1, 0.15) is 5.82 Å². The number of aromatic amines is 1. The molecule has 0 bridgehead atoms. The molecule has 35 heavy (non-hydrogen) atoms. The van der Waals surface area contributed by atoms with Crippen LogP contribution in [0, 0.1) is 0 Å². The Labute approximate surface area is 202 Å². The molecule has 1 saturated heterocycles. The van der Waals surface area contributed by atoms with Crippen LogP contribution in [-0.4, -0.2) is 58.4 Å². The maximum absolute atomic E-state index is 12.9. The molecule has 1 unspecified atom stereocenters. The first-order valence-corrected chi connectivity index (χ1v) is 11.5. The first-order chi connectivity index (χ1) is 17.0. The number of nitrogens with two attached hydrogens (primary N) is 1. The van der Waals surface area contributed by atoms with Crippen molar-refractivity contribution in [3.8, 4) is 11.3 Å². The van der Waals surface area contributed by atoms with E-state index in [0.717, 1.165) is 33.5 Å². The van der Waals surface area contributed by atoms with Crippen LogP contribution in [0.15, 0.2) is 54.6 Å². The molecule has 180 valence electrons. The van der Waals surface area contributed by atoms with Crippen molar-refractivity contribution in [3.05, 3.63) is 60.2 Å². The van der Waals surface area contributed by atoms with Gasteiger partial charge in [-0.05, 0) is 24.6 Å². The zero-order chi connectivity index (χ0) is 24.4. The van der Waals surface area contributed by atoms with E-state index in [1.807, 2.05) is 54.6 Å². The van der Waals surface area contributed by atoms with Gasteiger partial charge in [0.25, 0.3) is 5.91 Å². The van der Waals surface area contributed by atoms with Crippen LogP contribution in [0.4, 0.5) is 17.6 Å². The highest BCUT2D eigenvalue weighted by Crippen LogP contribution is 2.29. The van der Waals surface area contributed by atoms with E-state index in [0.29, 0.717) is 31.5 Å². The second kappa shape index (κ2) is 9.59. The summed E-state index contributed by atoms with van der Waals surface area (Å²) in [6.45, 7) is 3.31. The molecule has 0 saturated carbocycles. The van der Waals surface area contributed by atoms with E-state index in [-0.39, 0.29) is 11.9 Å². The predicted molar refractivity (Wildman–Crippen MR) is 136 cm³/mol. The van der Waals surface area contributed by atoms with Crippen molar-refractivity contribution in [1.82, 2.24) is 25.5 Å². The average molecular weight is 473 g/mol. The number of carbonyl (C=O) groups excluding carboxylic acids is 1. The van der Waals surface area contributed by atoms with Crippen molar-refractivity contribution >= 4 is 34.4 Å². The summed E-state index contributed by atoms with van der Waals surface area (Å²) in [7, 11) is 1.78. The van der Waals surface area contributed by atoms with Crippen LogP contribution in [-0.2, 0) is 16.1 Å². The number of H-pyrrole nitrogens is 1. The molecule has 5 rings (SSSR count). The number of anilines is 3.